The molecule has 0 unspecified atom stereocenters. The van der Waals surface area contributed by atoms with Gasteiger partial charge in [-0.2, -0.15) is 0 Å². The van der Waals surface area contributed by atoms with Crippen molar-refractivity contribution in [2.45, 2.75) is 132 Å². The van der Waals surface area contributed by atoms with Gasteiger partial charge in [-0.15, -0.1) is 11.3 Å². The molecule has 0 bridgehead atoms. The van der Waals surface area contributed by atoms with Crippen molar-refractivity contribution in [2.24, 2.45) is 29.1 Å². The molecular weight excluding hydrogens is 703 g/mol. The van der Waals surface area contributed by atoms with Crippen molar-refractivity contribution in [1.82, 2.24) is 25.8 Å². The first-order valence-electron chi connectivity index (χ1n) is 19.6. The van der Waals surface area contributed by atoms with Gasteiger partial charge < -0.3 is 25.6 Å². The van der Waals surface area contributed by atoms with Crippen molar-refractivity contribution in [3.8, 4) is 0 Å². The van der Waals surface area contributed by atoms with Gasteiger partial charge in [0.1, 0.15) is 16.5 Å². The van der Waals surface area contributed by atoms with Crippen LogP contribution < -0.4 is 16.0 Å². The van der Waals surface area contributed by atoms with Gasteiger partial charge >= 0.3 is 6.09 Å². The average molecular weight is 770 g/mol. The third-order valence-corrected chi connectivity index (χ3v) is 11.6. The van der Waals surface area contributed by atoms with Crippen LogP contribution in [-0.4, -0.2) is 78.1 Å². The first-order valence-corrected chi connectivity index (χ1v) is 20.5. The van der Waals surface area contributed by atoms with E-state index in [2.05, 4.69) is 16.0 Å². The van der Waals surface area contributed by atoms with Gasteiger partial charge in [-0.05, 0) is 56.6 Å². The third-order valence-electron chi connectivity index (χ3n) is 10.6. The Morgan fingerprint density at radius 2 is 1.61 bits per heavy atom. The summed E-state index contributed by atoms with van der Waals surface area (Å²) in [6, 6.07) is 8.77. The van der Waals surface area contributed by atoms with E-state index in [1.807, 2.05) is 97.5 Å². The predicted molar refractivity (Wildman–Crippen MR) is 216 cm³/mol. The molecule has 0 fully saturated rings. The van der Waals surface area contributed by atoms with Crippen molar-refractivity contribution in [3.63, 3.8) is 0 Å². The van der Waals surface area contributed by atoms with Gasteiger partial charge in [-0.25, -0.2) is 9.78 Å². The van der Waals surface area contributed by atoms with Crippen LogP contribution in [-0.2, 0) is 25.5 Å². The normalized spacial score (nSPS) is 15.1. The minimum atomic E-state index is -0.855. The molecule has 302 valence electrons. The number of carbonyl (C=O) groups excluding carboxylic acids is 5. The number of hydrogen-bond acceptors (Lipinski definition) is 9. The van der Waals surface area contributed by atoms with Crippen molar-refractivity contribution in [2.75, 3.05) is 20.6 Å². The second-order valence-corrected chi connectivity index (χ2v) is 16.9. The molecule has 3 N–H and O–H groups in total. The molecule has 6 atom stereocenters. The van der Waals surface area contributed by atoms with E-state index >= 15 is 0 Å². The fourth-order valence-electron chi connectivity index (χ4n) is 6.92. The summed E-state index contributed by atoms with van der Waals surface area (Å²) < 4.78 is 5.91. The number of alkyl carbamates (subject to hydrolysis) is 1. The predicted octanol–water partition coefficient (Wildman–Crippen LogP) is 7.41. The number of amides is 3. The average Bonchev–Trinajstić information content (AvgIpc) is 3.61. The molecule has 1 heterocycles. The second-order valence-electron chi connectivity index (χ2n) is 16.0. The van der Waals surface area contributed by atoms with Gasteiger partial charge in [0.15, 0.2) is 11.9 Å². The van der Waals surface area contributed by atoms with Crippen LogP contribution in [0.5, 0.6) is 0 Å². The Morgan fingerprint density at radius 3 is 2.13 bits per heavy atom. The number of ketones is 2. The zero-order valence-corrected chi connectivity index (χ0v) is 35.6. The van der Waals surface area contributed by atoms with Crippen molar-refractivity contribution >= 4 is 40.8 Å². The molecule has 0 saturated heterocycles. The highest BCUT2D eigenvalue weighted by Crippen LogP contribution is 2.33. The molecule has 1 aromatic carbocycles. The molecule has 0 aliphatic rings. The van der Waals surface area contributed by atoms with Gasteiger partial charge in [-0.3, -0.25) is 19.2 Å². The molecule has 11 nitrogen and oxygen atoms in total. The largest absolute Gasteiger partial charge is 0.439 e. The molecular formula is C42H67N5O6S. The molecule has 2 aromatic rings. The number of hydrogen-bond donors (Lipinski definition) is 3. The van der Waals surface area contributed by atoms with Gasteiger partial charge in [0.25, 0.3) is 5.91 Å². The van der Waals surface area contributed by atoms with E-state index in [4.69, 9.17) is 9.72 Å². The zero-order chi connectivity index (χ0) is 40.7. The molecule has 0 spiro atoms. The second kappa shape index (κ2) is 22.0. The lowest BCUT2D eigenvalue weighted by Crippen LogP contribution is -2.50. The van der Waals surface area contributed by atoms with E-state index in [0.717, 1.165) is 12.0 Å². The van der Waals surface area contributed by atoms with Crippen LogP contribution in [0.1, 0.15) is 129 Å². The third kappa shape index (κ3) is 13.6. The summed E-state index contributed by atoms with van der Waals surface area (Å²) >= 11 is 1.22. The van der Waals surface area contributed by atoms with E-state index in [0.29, 0.717) is 30.8 Å². The maximum absolute atomic E-state index is 14.6. The van der Waals surface area contributed by atoms with Crippen LogP contribution >= 0.6 is 11.3 Å². The number of rotatable bonds is 23. The molecule has 3 amide bonds. The van der Waals surface area contributed by atoms with Gasteiger partial charge in [0, 0.05) is 55.2 Å². The monoisotopic (exact) mass is 769 g/mol. The maximum atomic E-state index is 14.6. The number of benzene rings is 1. The van der Waals surface area contributed by atoms with Crippen LogP contribution in [0.25, 0.3) is 0 Å². The number of ether oxygens (including phenoxy) is 1. The Hall–Kier alpha value is -3.64. The minimum Gasteiger partial charge on any atom is -0.439 e. The fraction of sp³-hybridized carbons (Fsp3) is 0.667. The molecule has 0 radical (unpaired) electrons. The highest BCUT2D eigenvalue weighted by atomic mass is 32.1. The summed E-state index contributed by atoms with van der Waals surface area (Å²) in [5.41, 5.74) is 0.568. The zero-order valence-electron chi connectivity index (χ0n) is 34.8. The highest BCUT2D eigenvalue weighted by Gasteiger charge is 2.38. The van der Waals surface area contributed by atoms with Gasteiger partial charge in [0.05, 0.1) is 6.04 Å². The fourth-order valence-corrected chi connectivity index (χ4v) is 7.76. The number of nitrogens with one attached hydrogen (secondary N) is 3. The quantitative estimate of drug-likeness (QED) is 0.106. The first kappa shape index (κ1) is 46.5. The molecule has 12 heteroatoms. The lowest BCUT2D eigenvalue weighted by Gasteiger charge is -2.39. The summed E-state index contributed by atoms with van der Waals surface area (Å²) in [6.07, 6.45) is 1.31. The Morgan fingerprint density at radius 1 is 0.963 bits per heavy atom. The van der Waals surface area contributed by atoms with Gasteiger partial charge in [0.2, 0.25) is 5.91 Å². The number of aromatic nitrogens is 1. The van der Waals surface area contributed by atoms with Crippen LogP contribution in [0.2, 0.25) is 0 Å². The molecule has 0 aliphatic carbocycles. The summed E-state index contributed by atoms with van der Waals surface area (Å²) in [6.45, 7) is 19.9. The summed E-state index contributed by atoms with van der Waals surface area (Å²) in [4.78, 5) is 73.6. The van der Waals surface area contributed by atoms with Crippen molar-refractivity contribution < 1.29 is 28.7 Å². The van der Waals surface area contributed by atoms with Crippen LogP contribution in [0, 0.1) is 29.1 Å². The Kier molecular flexibility index (Phi) is 19.0. The lowest BCUT2D eigenvalue weighted by atomic mass is 9.80. The van der Waals surface area contributed by atoms with Crippen molar-refractivity contribution in [1.29, 1.82) is 0 Å². The number of thiazole rings is 1. The van der Waals surface area contributed by atoms with E-state index in [-0.39, 0.29) is 77.8 Å². The number of likely N-dealkylation sites (N-methyl/N-ethyl adjacent to an activating group) is 1. The summed E-state index contributed by atoms with van der Waals surface area (Å²) in [5, 5.41) is 10.9. The topological polar surface area (TPSA) is 147 Å². The molecule has 0 saturated carbocycles. The summed E-state index contributed by atoms with van der Waals surface area (Å²) in [7, 11) is 3.26. The minimum absolute atomic E-state index is 0.0222. The Balaban J connectivity index is 2.47. The molecule has 54 heavy (non-hydrogen) atoms. The van der Waals surface area contributed by atoms with E-state index < -0.39 is 23.5 Å². The molecule has 0 aliphatic heterocycles. The Labute approximate surface area is 328 Å². The van der Waals surface area contributed by atoms with Crippen LogP contribution in [0.4, 0.5) is 4.79 Å². The molecule has 1 aromatic heterocycles. The molecule has 2 rings (SSSR count). The van der Waals surface area contributed by atoms with E-state index in [1.165, 1.54) is 18.4 Å². The highest BCUT2D eigenvalue weighted by molar-refractivity contribution is 7.09. The number of nitrogens with zero attached hydrogens (tertiary/aromatic N) is 2. The summed E-state index contributed by atoms with van der Waals surface area (Å²) in [5.74, 6) is -0.881. The Bertz CT molecular complexity index is 1510. The number of Topliss-reactive ketones (excluding diaryl/α,β-unsaturated/α-hetero) is 2. The lowest BCUT2D eigenvalue weighted by molar-refractivity contribution is -0.144. The standard InChI is InChI=1S/C42H67N5O6S/c1-13-20-47(40(51)32(28(7)14-2)22-35(49)37(43-11)27(5)6)34(26(3)4)23-36(53-41(52)44-12)39-46-33(25-54-39)38(50)45-31(24-42(9,10)29(8)48)21-30-18-16-15-17-19-30/h15-19,25-28,31-32,34,36-37,43H,13-14,20-24H2,1-12H3,(H,44,52)(H,45,50)/t28-,31-,32-,34+,36+,37+/m0/s1. The van der Waals surface area contributed by atoms with Crippen molar-refractivity contribution in [3.05, 3.63) is 52.0 Å². The van der Waals surface area contributed by atoms with E-state index in [9.17, 15) is 24.0 Å². The van der Waals surface area contributed by atoms with Crippen LogP contribution in [0.15, 0.2) is 35.7 Å². The first-order chi connectivity index (χ1) is 25.4. The number of carbonyl (C=O) groups is 5. The maximum Gasteiger partial charge on any atom is 0.407 e. The smallest absolute Gasteiger partial charge is 0.407 e. The van der Waals surface area contributed by atoms with Crippen LogP contribution in [0.3, 0.4) is 0 Å². The SMILES string of the molecule is CCCN(C(=O)[C@@H](CC(=O)[C@H](NC)C(C)C)[C@@H](C)CC)[C@H](C[C@@H](OC(=O)NC)c1nc(C(=O)N[C@@H](Cc2ccccc2)CC(C)(C)C(C)=O)cs1)C(C)C. The van der Waals surface area contributed by atoms with Gasteiger partial charge in [-0.1, -0.05) is 99.1 Å². The van der Waals surface area contributed by atoms with E-state index in [1.54, 1.807) is 19.4 Å².